The molecule has 3 aromatic carbocycles. The lowest BCUT2D eigenvalue weighted by molar-refractivity contribution is 0.219. The molecule has 1 aliphatic rings. The van der Waals surface area contributed by atoms with Gasteiger partial charge in [0.15, 0.2) is 0 Å². The Balaban J connectivity index is 1.76. The van der Waals surface area contributed by atoms with Gasteiger partial charge in [-0.15, -0.1) is 0 Å². The average Bonchev–Trinajstić information content (AvgIpc) is 3.26. The molecule has 1 aliphatic carbocycles. The number of aliphatic hydroxyl groups is 1. The van der Waals surface area contributed by atoms with E-state index in [0.717, 1.165) is 12.1 Å². The maximum absolute atomic E-state index is 9.76. The summed E-state index contributed by atoms with van der Waals surface area (Å²) in [6.07, 6.45) is 5.12. The van der Waals surface area contributed by atoms with Gasteiger partial charge in [0.25, 0.3) is 0 Å². The molecular formula is C27H26N2O. The number of aliphatic hydroxyl groups excluding tert-OH is 1. The van der Waals surface area contributed by atoms with Crippen LogP contribution in [0.3, 0.4) is 0 Å². The maximum atomic E-state index is 9.76. The molecule has 4 aromatic rings. The molecule has 3 nitrogen and oxygen atoms in total. The van der Waals surface area contributed by atoms with Gasteiger partial charge >= 0.3 is 0 Å². The third kappa shape index (κ3) is 2.89. The number of hydrogen-bond donors (Lipinski definition) is 1. The minimum atomic E-state index is -0.528. The first-order chi connectivity index (χ1) is 14.7. The molecule has 1 fully saturated rings. The highest BCUT2D eigenvalue weighted by atomic mass is 16.3. The summed E-state index contributed by atoms with van der Waals surface area (Å²) in [5.41, 5.74) is 4.04. The summed E-state index contributed by atoms with van der Waals surface area (Å²) < 4.78 is 2.25. The van der Waals surface area contributed by atoms with Gasteiger partial charge < -0.3 is 9.67 Å². The number of hydrogen-bond acceptors (Lipinski definition) is 2. The van der Waals surface area contributed by atoms with Crippen LogP contribution in [0.2, 0.25) is 0 Å². The minimum Gasteiger partial charge on any atom is -0.396 e. The molecule has 5 rings (SSSR count). The van der Waals surface area contributed by atoms with Crippen molar-refractivity contribution in [3.63, 3.8) is 0 Å². The predicted octanol–water partition coefficient (Wildman–Crippen LogP) is 5.21. The zero-order valence-corrected chi connectivity index (χ0v) is 17.1. The Hall–Kier alpha value is -3.17. The molecule has 0 aliphatic heterocycles. The molecule has 0 amide bonds. The van der Waals surface area contributed by atoms with E-state index in [9.17, 15) is 5.11 Å². The van der Waals surface area contributed by atoms with Crippen LogP contribution in [0.4, 0.5) is 0 Å². The van der Waals surface area contributed by atoms with Crippen molar-refractivity contribution in [2.75, 3.05) is 6.61 Å². The molecule has 2 unspecified atom stereocenters. The van der Waals surface area contributed by atoms with Crippen LogP contribution < -0.4 is 0 Å². The van der Waals surface area contributed by atoms with Gasteiger partial charge in [0.05, 0.1) is 12.0 Å². The average molecular weight is 395 g/mol. The second-order valence-electron chi connectivity index (χ2n) is 8.58. The lowest BCUT2D eigenvalue weighted by atomic mass is 9.77. The molecule has 2 atom stereocenters. The van der Waals surface area contributed by atoms with Crippen LogP contribution in [-0.2, 0) is 5.54 Å². The molecular weight excluding hydrogens is 368 g/mol. The summed E-state index contributed by atoms with van der Waals surface area (Å²) in [7, 11) is 0. The Morgan fingerprint density at radius 2 is 1.33 bits per heavy atom. The van der Waals surface area contributed by atoms with E-state index < -0.39 is 5.54 Å². The first kappa shape index (κ1) is 18.8. The maximum Gasteiger partial charge on any atom is 0.121 e. The van der Waals surface area contributed by atoms with Crippen LogP contribution in [0.5, 0.6) is 0 Å². The Bertz CT molecular complexity index is 1020. The van der Waals surface area contributed by atoms with Crippen molar-refractivity contribution in [2.24, 2.45) is 5.41 Å². The van der Waals surface area contributed by atoms with Gasteiger partial charge in [-0.3, -0.25) is 0 Å². The quantitative estimate of drug-likeness (QED) is 0.456. The number of aromatic nitrogens is 2. The molecule has 1 N–H and O–H groups in total. The number of benzene rings is 3. The highest BCUT2D eigenvalue weighted by molar-refractivity contribution is 5.50. The van der Waals surface area contributed by atoms with Crippen LogP contribution in [0, 0.1) is 5.41 Å². The van der Waals surface area contributed by atoms with E-state index in [1.807, 2.05) is 6.33 Å². The molecule has 30 heavy (non-hydrogen) atoms. The largest absolute Gasteiger partial charge is 0.396 e. The fourth-order valence-corrected chi connectivity index (χ4v) is 4.73. The fraction of sp³-hybridized carbons (Fsp3) is 0.222. The summed E-state index contributed by atoms with van der Waals surface area (Å²) in [5.74, 6) is 0.309. The topological polar surface area (TPSA) is 38.0 Å². The molecule has 0 saturated heterocycles. The molecule has 1 heterocycles. The van der Waals surface area contributed by atoms with Crippen LogP contribution in [-0.4, -0.2) is 21.3 Å². The Morgan fingerprint density at radius 3 is 1.73 bits per heavy atom. The first-order valence-corrected chi connectivity index (χ1v) is 10.5. The number of imidazole rings is 1. The van der Waals surface area contributed by atoms with Crippen molar-refractivity contribution >= 4 is 0 Å². The van der Waals surface area contributed by atoms with Crippen LogP contribution in [0.15, 0.2) is 104 Å². The summed E-state index contributed by atoms with van der Waals surface area (Å²) in [5, 5.41) is 9.76. The number of nitrogens with zero attached hydrogens (tertiary/aromatic N) is 2. The second-order valence-corrected chi connectivity index (χ2v) is 8.58. The Morgan fingerprint density at radius 1 is 0.867 bits per heavy atom. The summed E-state index contributed by atoms with van der Waals surface area (Å²) in [6, 6.07) is 31.9. The van der Waals surface area contributed by atoms with Crippen molar-refractivity contribution in [3.05, 3.63) is 126 Å². The van der Waals surface area contributed by atoms with E-state index in [1.54, 1.807) is 0 Å². The molecule has 0 bridgehead atoms. The predicted molar refractivity (Wildman–Crippen MR) is 119 cm³/mol. The van der Waals surface area contributed by atoms with Crippen LogP contribution in [0.25, 0.3) is 0 Å². The van der Waals surface area contributed by atoms with Crippen molar-refractivity contribution in [2.45, 2.75) is 24.8 Å². The lowest BCUT2D eigenvalue weighted by Gasteiger charge is -2.37. The monoisotopic (exact) mass is 394 g/mol. The number of rotatable bonds is 6. The van der Waals surface area contributed by atoms with E-state index in [1.165, 1.54) is 16.7 Å². The third-order valence-electron chi connectivity index (χ3n) is 6.63. The van der Waals surface area contributed by atoms with Gasteiger partial charge in [-0.2, -0.15) is 0 Å². The third-order valence-corrected chi connectivity index (χ3v) is 6.63. The standard InChI is InChI=1S/C27H26N2O/c1-26(19-30)17-24(26)25-18-29(20-28-25)27(21-11-5-2-6-12-21,22-13-7-3-8-14-22)23-15-9-4-10-16-23/h2-16,18,20,24,30H,17,19H2,1H3. The Kier molecular flexibility index (Phi) is 4.56. The fourth-order valence-electron chi connectivity index (χ4n) is 4.73. The van der Waals surface area contributed by atoms with Gasteiger partial charge in [-0.25, -0.2) is 4.98 Å². The molecule has 1 saturated carbocycles. The van der Waals surface area contributed by atoms with Gasteiger partial charge in [0.2, 0.25) is 0 Å². The summed E-state index contributed by atoms with van der Waals surface area (Å²) in [4.78, 5) is 4.82. The van der Waals surface area contributed by atoms with Crippen molar-refractivity contribution in [1.29, 1.82) is 0 Å². The van der Waals surface area contributed by atoms with Gasteiger partial charge in [0, 0.05) is 18.7 Å². The van der Waals surface area contributed by atoms with Gasteiger partial charge in [-0.1, -0.05) is 97.9 Å². The smallest absolute Gasteiger partial charge is 0.121 e. The second kappa shape index (κ2) is 7.26. The van der Waals surface area contributed by atoms with Crippen molar-refractivity contribution < 1.29 is 5.11 Å². The lowest BCUT2D eigenvalue weighted by Crippen LogP contribution is -2.36. The van der Waals surface area contributed by atoms with E-state index in [2.05, 4.69) is 109 Å². The van der Waals surface area contributed by atoms with Crippen LogP contribution >= 0.6 is 0 Å². The molecule has 1 aromatic heterocycles. The highest BCUT2D eigenvalue weighted by Gasteiger charge is 2.52. The minimum absolute atomic E-state index is 0.0475. The summed E-state index contributed by atoms with van der Waals surface area (Å²) >= 11 is 0. The SMILES string of the molecule is CC1(CO)CC1c1cn(C(c2ccccc2)(c2ccccc2)c2ccccc2)cn1. The molecule has 3 heteroatoms. The van der Waals surface area contributed by atoms with Gasteiger partial charge in [0.1, 0.15) is 5.54 Å². The zero-order chi connectivity index (χ0) is 20.6. The molecule has 150 valence electrons. The normalized spacial score (nSPS) is 20.8. The summed E-state index contributed by atoms with van der Waals surface area (Å²) in [6.45, 7) is 2.33. The van der Waals surface area contributed by atoms with E-state index in [0.29, 0.717) is 5.92 Å². The molecule has 0 radical (unpaired) electrons. The highest BCUT2D eigenvalue weighted by Crippen LogP contribution is 2.58. The first-order valence-electron chi connectivity index (χ1n) is 10.5. The van der Waals surface area contributed by atoms with Gasteiger partial charge in [-0.05, 0) is 28.5 Å². The van der Waals surface area contributed by atoms with E-state index >= 15 is 0 Å². The van der Waals surface area contributed by atoms with Crippen molar-refractivity contribution in [1.82, 2.24) is 9.55 Å². The van der Waals surface area contributed by atoms with Crippen LogP contribution in [0.1, 0.15) is 41.6 Å². The van der Waals surface area contributed by atoms with E-state index in [4.69, 9.17) is 4.98 Å². The van der Waals surface area contributed by atoms with E-state index in [-0.39, 0.29) is 12.0 Å². The zero-order valence-electron chi connectivity index (χ0n) is 17.1. The Labute approximate surface area is 177 Å². The molecule has 0 spiro atoms. The van der Waals surface area contributed by atoms with Crippen molar-refractivity contribution in [3.8, 4) is 0 Å².